The Balaban J connectivity index is 1.45. The van der Waals surface area contributed by atoms with Crippen molar-refractivity contribution in [1.82, 2.24) is 0 Å². The topological polar surface area (TPSA) is 9.23 Å². The van der Waals surface area contributed by atoms with Gasteiger partial charge in [0.25, 0.3) is 0 Å². The molecule has 0 aliphatic heterocycles. The van der Waals surface area contributed by atoms with Crippen LogP contribution in [0.25, 0.3) is 0 Å². The molecule has 4 unspecified atom stereocenters. The molecule has 0 amide bonds. The highest BCUT2D eigenvalue weighted by Crippen LogP contribution is 2.47. The summed E-state index contributed by atoms with van der Waals surface area (Å²) in [4.78, 5) is 0. The molecule has 2 aliphatic carbocycles. The van der Waals surface area contributed by atoms with Crippen molar-refractivity contribution in [2.75, 3.05) is 6.61 Å². The first-order chi connectivity index (χ1) is 16.5. The van der Waals surface area contributed by atoms with Crippen molar-refractivity contribution < 1.29 is 17.9 Å². The second-order valence-electron chi connectivity index (χ2n) is 9.63. The highest BCUT2D eigenvalue weighted by Gasteiger charge is 2.37. The van der Waals surface area contributed by atoms with Crippen LogP contribution in [0.15, 0.2) is 43.0 Å². The Morgan fingerprint density at radius 1 is 0.971 bits per heavy atom. The highest BCUT2D eigenvalue weighted by molar-refractivity contribution is 5.46. The number of fused-ring (bicyclic) bond motifs is 1. The van der Waals surface area contributed by atoms with Crippen LogP contribution in [0.5, 0.6) is 0 Å². The van der Waals surface area contributed by atoms with Crippen LogP contribution >= 0.6 is 0 Å². The standard InChI is InChI=1S/C30H33F3O/c1-3-5-6-21-9-7-20(17-28(21)31)8-10-22-14-16-27(30(33)29(22)32)25-12-11-24-19-26(34-4-2)15-13-23(24)18-25/h3,7,9,14,16-17,23-26H,1,4-6,11-13,15,18-19H2,2H3. The molecule has 0 N–H and O–H groups in total. The Morgan fingerprint density at radius 2 is 1.76 bits per heavy atom. The van der Waals surface area contributed by atoms with Gasteiger partial charge in [-0.25, -0.2) is 13.2 Å². The molecule has 0 bridgehead atoms. The summed E-state index contributed by atoms with van der Waals surface area (Å²) in [6.45, 7) is 6.43. The number of hydrogen-bond acceptors (Lipinski definition) is 1. The van der Waals surface area contributed by atoms with Crippen molar-refractivity contribution in [1.29, 1.82) is 0 Å². The van der Waals surface area contributed by atoms with Crippen LogP contribution < -0.4 is 0 Å². The molecule has 0 radical (unpaired) electrons. The molecule has 4 heteroatoms. The van der Waals surface area contributed by atoms with Crippen molar-refractivity contribution in [3.8, 4) is 11.8 Å². The fourth-order valence-corrected chi connectivity index (χ4v) is 5.72. The van der Waals surface area contributed by atoms with Gasteiger partial charge in [0.15, 0.2) is 11.6 Å². The molecule has 4 atom stereocenters. The van der Waals surface area contributed by atoms with Gasteiger partial charge in [-0.3, -0.25) is 0 Å². The SMILES string of the molecule is C=CCCc1ccc(C#Cc2ccc(C3CCC4CC(OCC)CCC4C3)c(F)c2F)cc1F. The van der Waals surface area contributed by atoms with Crippen molar-refractivity contribution in [2.24, 2.45) is 11.8 Å². The molecule has 2 saturated carbocycles. The van der Waals surface area contributed by atoms with E-state index in [2.05, 4.69) is 18.4 Å². The van der Waals surface area contributed by atoms with Crippen LogP contribution in [0.1, 0.15) is 80.0 Å². The first-order valence-electron chi connectivity index (χ1n) is 12.5. The van der Waals surface area contributed by atoms with Gasteiger partial charge in [-0.2, -0.15) is 0 Å². The molecular formula is C30H33F3O. The van der Waals surface area contributed by atoms with Gasteiger partial charge in [-0.05, 0) is 105 Å². The van der Waals surface area contributed by atoms with E-state index >= 15 is 4.39 Å². The first-order valence-corrected chi connectivity index (χ1v) is 12.5. The summed E-state index contributed by atoms with van der Waals surface area (Å²) in [7, 11) is 0. The molecule has 0 saturated heterocycles. The van der Waals surface area contributed by atoms with Gasteiger partial charge in [0, 0.05) is 12.2 Å². The van der Waals surface area contributed by atoms with Crippen LogP contribution in [-0.4, -0.2) is 12.7 Å². The maximum Gasteiger partial charge on any atom is 0.174 e. The first kappa shape index (κ1) is 24.6. The second-order valence-corrected chi connectivity index (χ2v) is 9.63. The zero-order valence-electron chi connectivity index (χ0n) is 19.9. The van der Waals surface area contributed by atoms with Crippen molar-refractivity contribution in [3.05, 3.63) is 82.7 Å². The Kier molecular flexibility index (Phi) is 8.16. The van der Waals surface area contributed by atoms with E-state index in [1.807, 2.05) is 6.92 Å². The Bertz CT molecular complexity index is 1080. The van der Waals surface area contributed by atoms with E-state index in [4.69, 9.17) is 4.74 Å². The lowest BCUT2D eigenvalue weighted by molar-refractivity contribution is -0.00970. The zero-order valence-corrected chi connectivity index (χ0v) is 19.9. The Labute approximate surface area is 201 Å². The van der Waals surface area contributed by atoms with Crippen LogP contribution in [0.3, 0.4) is 0 Å². The van der Waals surface area contributed by atoms with Gasteiger partial charge >= 0.3 is 0 Å². The molecule has 0 aromatic heterocycles. The van der Waals surface area contributed by atoms with Gasteiger partial charge in [0.2, 0.25) is 0 Å². The minimum atomic E-state index is -0.907. The Morgan fingerprint density at radius 3 is 2.53 bits per heavy atom. The van der Waals surface area contributed by atoms with Crippen molar-refractivity contribution >= 4 is 0 Å². The maximum atomic E-state index is 15.1. The van der Waals surface area contributed by atoms with E-state index < -0.39 is 11.6 Å². The summed E-state index contributed by atoms with van der Waals surface area (Å²) >= 11 is 0. The van der Waals surface area contributed by atoms with Gasteiger partial charge in [0.1, 0.15) is 5.82 Å². The van der Waals surface area contributed by atoms with E-state index in [9.17, 15) is 8.78 Å². The van der Waals surface area contributed by atoms with Crippen molar-refractivity contribution in [3.63, 3.8) is 0 Å². The van der Waals surface area contributed by atoms with Crippen LogP contribution in [0.4, 0.5) is 13.2 Å². The highest BCUT2D eigenvalue weighted by atomic mass is 19.2. The minimum Gasteiger partial charge on any atom is -0.378 e. The monoisotopic (exact) mass is 466 g/mol. The third-order valence-electron chi connectivity index (χ3n) is 7.53. The predicted octanol–water partition coefficient (Wildman–Crippen LogP) is 7.71. The number of halogens is 3. The summed E-state index contributed by atoms with van der Waals surface area (Å²) in [6, 6.07) is 7.98. The van der Waals surface area contributed by atoms with Gasteiger partial charge in [-0.1, -0.05) is 30.0 Å². The summed E-state index contributed by atoms with van der Waals surface area (Å²) in [5.41, 5.74) is 1.49. The third-order valence-corrected chi connectivity index (χ3v) is 7.53. The lowest BCUT2D eigenvalue weighted by atomic mass is 9.65. The second kappa shape index (κ2) is 11.3. The number of benzene rings is 2. The molecule has 0 spiro atoms. The molecule has 2 aromatic rings. The predicted molar refractivity (Wildman–Crippen MR) is 130 cm³/mol. The average Bonchev–Trinajstić information content (AvgIpc) is 2.84. The van der Waals surface area contributed by atoms with E-state index in [0.29, 0.717) is 47.5 Å². The smallest absolute Gasteiger partial charge is 0.174 e. The molecular weight excluding hydrogens is 433 g/mol. The number of hydrogen-bond donors (Lipinski definition) is 0. The van der Waals surface area contributed by atoms with Crippen LogP contribution in [0, 0.1) is 41.1 Å². The van der Waals surface area contributed by atoms with Crippen LogP contribution in [0.2, 0.25) is 0 Å². The zero-order chi connectivity index (χ0) is 24.1. The number of rotatable bonds is 6. The van der Waals surface area contributed by atoms with E-state index in [1.165, 1.54) is 6.07 Å². The average molecular weight is 467 g/mol. The molecule has 4 rings (SSSR count). The number of allylic oxidation sites excluding steroid dienone is 1. The summed E-state index contributed by atoms with van der Waals surface area (Å²) in [6.07, 6.45) is 9.42. The summed E-state index contributed by atoms with van der Waals surface area (Å²) in [5, 5.41) is 0. The maximum absolute atomic E-state index is 15.1. The molecule has 2 aromatic carbocycles. The molecule has 180 valence electrons. The molecule has 0 heterocycles. The molecule has 2 aliphatic rings. The molecule has 2 fully saturated rings. The fraction of sp³-hybridized carbons (Fsp3) is 0.467. The van der Waals surface area contributed by atoms with Gasteiger partial charge in [-0.15, -0.1) is 6.58 Å². The number of ether oxygens (including phenoxy) is 1. The normalized spacial score (nSPS) is 24.1. The Hall–Kier alpha value is -2.51. The number of aryl methyl sites for hydroxylation is 1. The van der Waals surface area contributed by atoms with E-state index in [1.54, 1.807) is 30.3 Å². The largest absolute Gasteiger partial charge is 0.378 e. The van der Waals surface area contributed by atoms with E-state index in [0.717, 1.165) is 45.1 Å². The molecule has 1 nitrogen and oxygen atoms in total. The van der Waals surface area contributed by atoms with Gasteiger partial charge in [0.05, 0.1) is 11.7 Å². The fourth-order valence-electron chi connectivity index (χ4n) is 5.72. The quantitative estimate of drug-likeness (QED) is 0.313. The van der Waals surface area contributed by atoms with Crippen LogP contribution in [-0.2, 0) is 11.2 Å². The lowest BCUT2D eigenvalue weighted by Crippen LogP contribution is -2.34. The minimum absolute atomic E-state index is 0.00306. The molecule has 34 heavy (non-hydrogen) atoms. The summed E-state index contributed by atoms with van der Waals surface area (Å²) in [5.74, 6) is 4.65. The van der Waals surface area contributed by atoms with Gasteiger partial charge < -0.3 is 4.74 Å². The van der Waals surface area contributed by atoms with E-state index in [-0.39, 0.29) is 17.3 Å². The van der Waals surface area contributed by atoms with Crippen molar-refractivity contribution in [2.45, 2.75) is 70.3 Å². The lowest BCUT2D eigenvalue weighted by Gasteiger charge is -2.42. The third kappa shape index (κ3) is 5.58. The summed E-state index contributed by atoms with van der Waals surface area (Å²) < 4.78 is 50.0.